The van der Waals surface area contributed by atoms with Crippen molar-refractivity contribution in [2.75, 3.05) is 0 Å². The van der Waals surface area contributed by atoms with Crippen LogP contribution in [-0.2, 0) is 19.0 Å². The van der Waals surface area contributed by atoms with Gasteiger partial charge in [-0.3, -0.25) is 9.36 Å². The summed E-state index contributed by atoms with van der Waals surface area (Å²) >= 11 is 0. The predicted octanol–water partition coefficient (Wildman–Crippen LogP) is -0.378. The van der Waals surface area contributed by atoms with Crippen LogP contribution in [0.3, 0.4) is 0 Å². The molecule has 4 atom stereocenters. The van der Waals surface area contributed by atoms with Gasteiger partial charge in [0.2, 0.25) is 0 Å². The number of carboxylic acids is 1. The highest BCUT2D eigenvalue weighted by atomic mass is 16.8. The molecule has 10 heteroatoms. The minimum atomic E-state index is -1.17. The van der Waals surface area contributed by atoms with E-state index in [9.17, 15) is 14.7 Å². The molecule has 2 aromatic heterocycles. The van der Waals surface area contributed by atoms with E-state index in [-0.39, 0.29) is 16.7 Å². The van der Waals surface area contributed by atoms with Gasteiger partial charge >= 0.3 is 5.97 Å². The van der Waals surface area contributed by atoms with E-state index in [1.807, 2.05) is 0 Å². The van der Waals surface area contributed by atoms with Gasteiger partial charge in [0.15, 0.2) is 29.3 Å². The van der Waals surface area contributed by atoms with Crippen molar-refractivity contribution in [2.45, 2.75) is 44.2 Å². The minimum Gasteiger partial charge on any atom is -0.479 e. The molecule has 2 aliphatic rings. The number of nitrogens with zero attached hydrogens (tertiary/aromatic N) is 3. The van der Waals surface area contributed by atoms with Gasteiger partial charge in [-0.1, -0.05) is 0 Å². The van der Waals surface area contributed by atoms with Crippen molar-refractivity contribution in [3.63, 3.8) is 0 Å². The summed E-state index contributed by atoms with van der Waals surface area (Å²) in [4.78, 5) is 33.7. The van der Waals surface area contributed by atoms with E-state index in [4.69, 9.17) is 14.2 Å². The Morgan fingerprint density at radius 2 is 2.09 bits per heavy atom. The number of carbonyl (C=O) groups is 1. The van der Waals surface area contributed by atoms with Gasteiger partial charge in [0.1, 0.15) is 12.2 Å². The summed E-state index contributed by atoms with van der Waals surface area (Å²) in [6.07, 6.45) is -0.752. The van der Waals surface area contributed by atoms with Crippen LogP contribution in [0.4, 0.5) is 0 Å². The summed E-state index contributed by atoms with van der Waals surface area (Å²) in [6, 6.07) is 0. The second-order valence-electron chi connectivity index (χ2n) is 5.91. The number of aromatic amines is 1. The van der Waals surface area contributed by atoms with Crippen LogP contribution in [0.1, 0.15) is 20.1 Å². The number of aliphatic carboxylic acids is 1. The fraction of sp³-hybridized carbons (Fsp3) is 0.538. The predicted molar refractivity (Wildman–Crippen MR) is 73.5 cm³/mol. The lowest BCUT2D eigenvalue weighted by molar-refractivity contribution is -0.202. The maximum absolute atomic E-state index is 11.7. The maximum Gasteiger partial charge on any atom is 0.335 e. The number of carboxylic acid groups (broad SMARTS) is 1. The zero-order valence-corrected chi connectivity index (χ0v) is 12.3. The molecule has 4 rings (SSSR count). The van der Waals surface area contributed by atoms with E-state index in [0.717, 1.165) is 0 Å². The number of hydrogen-bond donors (Lipinski definition) is 2. The van der Waals surface area contributed by atoms with Crippen molar-refractivity contribution in [1.29, 1.82) is 0 Å². The van der Waals surface area contributed by atoms with Crippen molar-refractivity contribution < 1.29 is 24.1 Å². The van der Waals surface area contributed by atoms with Gasteiger partial charge in [-0.25, -0.2) is 14.8 Å². The molecule has 2 N–H and O–H groups in total. The van der Waals surface area contributed by atoms with Gasteiger partial charge in [-0.15, -0.1) is 0 Å². The number of nitrogens with one attached hydrogen (secondary N) is 1. The van der Waals surface area contributed by atoms with Crippen molar-refractivity contribution in [1.82, 2.24) is 19.5 Å². The Morgan fingerprint density at radius 3 is 2.83 bits per heavy atom. The highest BCUT2D eigenvalue weighted by Gasteiger charge is 2.58. The monoisotopic (exact) mass is 322 g/mol. The number of fused-ring (bicyclic) bond motifs is 2. The minimum absolute atomic E-state index is 0.143. The third-order valence-electron chi connectivity index (χ3n) is 3.91. The molecule has 0 amide bonds. The topological polar surface area (TPSA) is 129 Å². The molecule has 2 aliphatic heterocycles. The highest BCUT2D eigenvalue weighted by molar-refractivity contribution is 5.74. The van der Waals surface area contributed by atoms with Gasteiger partial charge in [0, 0.05) is 0 Å². The Balaban J connectivity index is 1.80. The first kappa shape index (κ1) is 14.3. The highest BCUT2D eigenvalue weighted by Crippen LogP contribution is 2.43. The quantitative estimate of drug-likeness (QED) is 0.765. The Bertz CT molecular complexity index is 842. The fourth-order valence-corrected chi connectivity index (χ4v) is 3.05. The van der Waals surface area contributed by atoms with E-state index < -0.39 is 36.3 Å². The number of imidazole rings is 1. The van der Waals surface area contributed by atoms with Crippen LogP contribution in [0.5, 0.6) is 0 Å². The number of hydrogen-bond acceptors (Lipinski definition) is 7. The van der Waals surface area contributed by atoms with E-state index >= 15 is 0 Å². The average Bonchev–Trinajstić information content (AvgIpc) is 3.09. The maximum atomic E-state index is 11.7. The molecule has 10 nitrogen and oxygen atoms in total. The molecule has 122 valence electrons. The van der Waals surface area contributed by atoms with E-state index in [1.165, 1.54) is 17.2 Å². The van der Waals surface area contributed by atoms with Crippen molar-refractivity contribution in [3.05, 3.63) is 23.0 Å². The van der Waals surface area contributed by atoms with Crippen molar-refractivity contribution >= 4 is 17.1 Å². The SMILES string of the molecule is CC1(C)O[C@@H]2[C@H](O1)[C@@H](C(=O)O)O[C@H]2n1cnc2c(=O)[nH]cnc21. The zero-order valence-electron chi connectivity index (χ0n) is 12.3. The molecular weight excluding hydrogens is 308 g/mol. The molecule has 0 bridgehead atoms. The number of rotatable bonds is 2. The first-order chi connectivity index (χ1) is 10.9. The van der Waals surface area contributed by atoms with Crippen LogP contribution in [-0.4, -0.2) is 54.7 Å². The molecule has 0 aliphatic carbocycles. The van der Waals surface area contributed by atoms with E-state index in [0.29, 0.717) is 0 Å². The second kappa shape index (κ2) is 4.60. The fourth-order valence-electron chi connectivity index (χ4n) is 3.05. The summed E-state index contributed by atoms with van der Waals surface area (Å²) in [5, 5.41) is 9.35. The normalized spacial score (nSPS) is 32.3. The third kappa shape index (κ3) is 2.06. The Hall–Kier alpha value is -2.30. The molecule has 2 aromatic rings. The summed E-state index contributed by atoms with van der Waals surface area (Å²) in [5.41, 5.74) is 0.0449. The number of aromatic nitrogens is 4. The van der Waals surface area contributed by atoms with Crippen LogP contribution >= 0.6 is 0 Å². The molecule has 0 spiro atoms. The lowest BCUT2D eigenvalue weighted by atomic mass is 10.1. The molecule has 0 saturated carbocycles. The van der Waals surface area contributed by atoms with Gasteiger partial charge in [-0.05, 0) is 13.8 Å². The molecule has 2 fully saturated rings. The molecule has 23 heavy (non-hydrogen) atoms. The summed E-state index contributed by atoms with van der Waals surface area (Å²) in [6.45, 7) is 3.41. The van der Waals surface area contributed by atoms with Gasteiger partial charge in [0.05, 0.1) is 12.7 Å². The standard InChI is InChI=1S/C13H14N4O6/c1-13(2)22-6-7(23-13)11(21-8(6)12(19)20)17-4-16-5-9(17)14-3-15-10(5)18/h3-4,6-8,11H,1-2H3,(H,19,20)(H,14,15,18)/t6-,7+,8-,11+/m0/s1. The smallest absolute Gasteiger partial charge is 0.335 e. The molecule has 0 radical (unpaired) electrons. The van der Waals surface area contributed by atoms with Gasteiger partial charge < -0.3 is 24.3 Å². The summed E-state index contributed by atoms with van der Waals surface area (Å²) in [5.74, 6) is -2.06. The largest absolute Gasteiger partial charge is 0.479 e. The van der Waals surface area contributed by atoms with Crippen LogP contribution in [0, 0.1) is 0 Å². The van der Waals surface area contributed by atoms with Crippen molar-refractivity contribution in [2.24, 2.45) is 0 Å². The molecule has 2 saturated heterocycles. The Morgan fingerprint density at radius 1 is 1.35 bits per heavy atom. The van der Waals surface area contributed by atoms with Crippen molar-refractivity contribution in [3.8, 4) is 0 Å². The van der Waals surface area contributed by atoms with E-state index in [1.54, 1.807) is 13.8 Å². The van der Waals surface area contributed by atoms with Gasteiger partial charge in [-0.2, -0.15) is 0 Å². The molecular formula is C13H14N4O6. The summed E-state index contributed by atoms with van der Waals surface area (Å²) < 4.78 is 18.5. The number of H-pyrrole nitrogens is 1. The molecule has 0 unspecified atom stereocenters. The lowest BCUT2D eigenvalue weighted by Crippen LogP contribution is -2.35. The van der Waals surface area contributed by atoms with Crippen LogP contribution in [0.15, 0.2) is 17.4 Å². The molecule has 4 heterocycles. The zero-order chi connectivity index (χ0) is 16.4. The number of ether oxygens (including phenoxy) is 3. The van der Waals surface area contributed by atoms with Crippen LogP contribution in [0.2, 0.25) is 0 Å². The van der Waals surface area contributed by atoms with Crippen LogP contribution in [0.25, 0.3) is 11.2 Å². The average molecular weight is 322 g/mol. The van der Waals surface area contributed by atoms with Gasteiger partial charge in [0.25, 0.3) is 5.56 Å². The third-order valence-corrected chi connectivity index (χ3v) is 3.91. The summed E-state index contributed by atoms with van der Waals surface area (Å²) in [7, 11) is 0. The molecule has 0 aromatic carbocycles. The lowest BCUT2D eigenvalue weighted by Gasteiger charge is -2.23. The Labute approximate surface area is 129 Å². The van der Waals surface area contributed by atoms with E-state index in [2.05, 4.69) is 15.0 Å². The van der Waals surface area contributed by atoms with Crippen LogP contribution < -0.4 is 5.56 Å². The second-order valence-corrected chi connectivity index (χ2v) is 5.91. The first-order valence-electron chi connectivity index (χ1n) is 7.01. The Kier molecular flexibility index (Phi) is 2.86. The first-order valence-corrected chi connectivity index (χ1v) is 7.01.